The standard InChI is InChI=1S/C12H15ClF3N3O/c1-3-17-10(20)7-19(4-2)11-9(13)5-8(6-18-11)12(14,15)16/h5-6H,3-4,7H2,1-2H3,(H,17,20). The Bertz CT molecular complexity index is 480. The van der Waals surface area contributed by atoms with Crippen LogP contribution in [0.1, 0.15) is 19.4 Å². The first-order valence-corrected chi connectivity index (χ1v) is 6.41. The molecule has 1 heterocycles. The molecule has 0 aromatic carbocycles. The Morgan fingerprint density at radius 2 is 2.10 bits per heavy atom. The topological polar surface area (TPSA) is 45.2 Å². The molecule has 0 aliphatic heterocycles. The van der Waals surface area contributed by atoms with Crippen LogP contribution in [0.3, 0.4) is 0 Å². The molecule has 0 fully saturated rings. The largest absolute Gasteiger partial charge is 0.417 e. The number of carbonyl (C=O) groups is 1. The normalized spacial score (nSPS) is 11.3. The molecule has 1 N–H and O–H groups in total. The summed E-state index contributed by atoms with van der Waals surface area (Å²) < 4.78 is 37.6. The summed E-state index contributed by atoms with van der Waals surface area (Å²) in [5, 5.41) is 2.47. The van der Waals surface area contributed by atoms with Crippen molar-refractivity contribution in [1.82, 2.24) is 10.3 Å². The zero-order valence-electron chi connectivity index (χ0n) is 11.1. The van der Waals surface area contributed by atoms with Crippen molar-refractivity contribution >= 4 is 23.3 Å². The number of aromatic nitrogens is 1. The number of hydrogen-bond donors (Lipinski definition) is 1. The van der Waals surface area contributed by atoms with Crippen LogP contribution < -0.4 is 10.2 Å². The molecule has 0 saturated carbocycles. The van der Waals surface area contributed by atoms with Crippen LogP contribution in [0.2, 0.25) is 5.02 Å². The van der Waals surface area contributed by atoms with Crippen molar-refractivity contribution in [1.29, 1.82) is 0 Å². The maximum Gasteiger partial charge on any atom is 0.417 e. The van der Waals surface area contributed by atoms with Crippen molar-refractivity contribution in [3.05, 3.63) is 22.8 Å². The Labute approximate surface area is 119 Å². The van der Waals surface area contributed by atoms with E-state index in [1.54, 1.807) is 13.8 Å². The van der Waals surface area contributed by atoms with Gasteiger partial charge in [-0.1, -0.05) is 11.6 Å². The minimum Gasteiger partial charge on any atom is -0.355 e. The summed E-state index contributed by atoms with van der Waals surface area (Å²) in [5.74, 6) is -0.0828. The first kappa shape index (κ1) is 16.6. The molecule has 0 unspecified atom stereocenters. The van der Waals surface area contributed by atoms with E-state index < -0.39 is 11.7 Å². The van der Waals surface area contributed by atoms with Gasteiger partial charge in [-0.15, -0.1) is 0 Å². The van der Waals surface area contributed by atoms with Gasteiger partial charge in [0, 0.05) is 19.3 Å². The van der Waals surface area contributed by atoms with Gasteiger partial charge in [0.1, 0.15) is 5.82 Å². The second kappa shape index (κ2) is 6.78. The van der Waals surface area contributed by atoms with Gasteiger partial charge >= 0.3 is 6.18 Å². The Hall–Kier alpha value is -1.50. The molecule has 0 aliphatic rings. The maximum absolute atomic E-state index is 12.5. The zero-order valence-corrected chi connectivity index (χ0v) is 11.8. The highest BCUT2D eigenvalue weighted by molar-refractivity contribution is 6.33. The molecule has 1 rings (SSSR count). The zero-order chi connectivity index (χ0) is 15.3. The molecular formula is C12H15ClF3N3O. The molecule has 0 spiro atoms. The lowest BCUT2D eigenvalue weighted by Crippen LogP contribution is -2.37. The van der Waals surface area contributed by atoms with Crippen LogP contribution in [0.25, 0.3) is 0 Å². The molecule has 1 aromatic rings. The van der Waals surface area contributed by atoms with Gasteiger partial charge in [-0.2, -0.15) is 13.2 Å². The summed E-state index contributed by atoms with van der Waals surface area (Å²) in [4.78, 5) is 16.7. The molecule has 112 valence electrons. The monoisotopic (exact) mass is 309 g/mol. The number of nitrogens with zero attached hydrogens (tertiary/aromatic N) is 2. The Kier molecular flexibility index (Phi) is 5.62. The minimum absolute atomic E-state index is 0.0115. The third kappa shape index (κ3) is 4.26. The molecule has 0 atom stereocenters. The number of hydrogen-bond acceptors (Lipinski definition) is 3. The fourth-order valence-electron chi connectivity index (χ4n) is 1.58. The highest BCUT2D eigenvalue weighted by Gasteiger charge is 2.32. The smallest absolute Gasteiger partial charge is 0.355 e. The summed E-state index contributed by atoms with van der Waals surface area (Å²) in [6.07, 6.45) is -3.78. The van der Waals surface area contributed by atoms with Crippen molar-refractivity contribution in [2.45, 2.75) is 20.0 Å². The molecule has 20 heavy (non-hydrogen) atoms. The predicted molar refractivity (Wildman–Crippen MR) is 70.8 cm³/mol. The van der Waals surface area contributed by atoms with Gasteiger partial charge < -0.3 is 10.2 Å². The summed E-state index contributed by atoms with van der Waals surface area (Å²) in [5.41, 5.74) is -0.916. The first-order valence-electron chi connectivity index (χ1n) is 6.04. The molecule has 1 amide bonds. The number of nitrogens with one attached hydrogen (secondary N) is 1. The number of carbonyl (C=O) groups excluding carboxylic acids is 1. The van der Waals surface area contributed by atoms with Crippen LogP contribution in [-0.2, 0) is 11.0 Å². The summed E-state index contributed by atoms with van der Waals surface area (Å²) in [6.45, 7) is 4.40. The lowest BCUT2D eigenvalue weighted by molar-refractivity contribution is -0.137. The highest BCUT2D eigenvalue weighted by Crippen LogP contribution is 2.33. The van der Waals surface area contributed by atoms with Crippen molar-refractivity contribution in [2.24, 2.45) is 0 Å². The number of alkyl halides is 3. The van der Waals surface area contributed by atoms with Gasteiger partial charge in [-0.3, -0.25) is 4.79 Å². The number of likely N-dealkylation sites (N-methyl/N-ethyl adjacent to an activating group) is 2. The van der Waals surface area contributed by atoms with Gasteiger partial charge in [0.05, 0.1) is 17.1 Å². The van der Waals surface area contributed by atoms with Gasteiger partial charge in [0.15, 0.2) is 0 Å². The summed E-state index contributed by atoms with van der Waals surface area (Å²) >= 11 is 5.83. The third-order valence-corrected chi connectivity index (χ3v) is 2.82. The maximum atomic E-state index is 12.5. The number of rotatable bonds is 5. The van der Waals surface area contributed by atoms with E-state index in [2.05, 4.69) is 10.3 Å². The van der Waals surface area contributed by atoms with E-state index in [1.807, 2.05) is 0 Å². The molecule has 1 aromatic heterocycles. The van der Waals surface area contributed by atoms with Gasteiger partial charge in [0.2, 0.25) is 5.91 Å². The average molecular weight is 310 g/mol. The van der Waals surface area contributed by atoms with E-state index in [9.17, 15) is 18.0 Å². The van der Waals surface area contributed by atoms with Crippen LogP contribution in [-0.4, -0.2) is 30.5 Å². The fourth-order valence-corrected chi connectivity index (χ4v) is 1.87. The fraction of sp³-hybridized carbons (Fsp3) is 0.500. The van der Waals surface area contributed by atoms with Crippen molar-refractivity contribution in [3.8, 4) is 0 Å². The lowest BCUT2D eigenvalue weighted by atomic mass is 10.2. The van der Waals surface area contributed by atoms with E-state index in [0.717, 1.165) is 6.07 Å². The third-order valence-electron chi connectivity index (χ3n) is 2.54. The van der Waals surface area contributed by atoms with Gasteiger partial charge in [0.25, 0.3) is 0 Å². The molecule has 4 nitrogen and oxygen atoms in total. The Morgan fingerprint density at radius 1 is 1.45 bits per heavy atom. The lowest BCUT2D eigenvalue weighted by Gasteiger charge is -2.22. The molecule has 8 heteroatoms. The number of halogens is 4. The summed E-state index contributed by atoms with van der Waals surface area (Å²) in [6, 6.07) is 0.810. The number of pyridine rings is 1. The van der Waals surface area contributed by atoms with Gasteiger partial charge in [-0.05, 0) is 19.9 Å². The second-order valence-electron chi connectivity index (χ2n) is 3.99. The van der Waals surface area contributed by atoms with Crippen LogP contribution in [0.5, 0.6) is 0 Å². The Morgan fingerprint density at radius 3 is 2.55 bits per heavy atom. The van der Waals surface area contributed by atoms with Crippen molar-refractivity contribution < 1.29 is 18.0 Å². The molecule has 0 radical (unpaired) electrons. The summed E-state index contributed by atoms with van der Waals surface area (Å²) in [7, 11) is 0. The Balaban J connectivity index is 2.96. The molecule has 0 bridgehead atoms. The number of amides is 1. The molecule has 0 aliphatic carbocycles. The van der Waals surface area contributed by atoms with Crippen LogP contribution in [0.4, 0.5) is 19.0 Å². The predicted octanol–water partition coefficient (Wildman–Crippen LogP) is 2.72. The average Bonchev–Trinajstić information content (AvgIpc) is 2.35. The van der Waals surface area contributed by atoms with Gasteiger partial charge in [-0.25, -0.2) is 4.98 Å². The van der Waals surface area contributed by atoms with E-state index in [1.165, 1.54) is 4.90 Å². The SMILES string of the molecule is CCNC(=O)CN(CC)c1ncc(C(F)(F)F)cc1Cl. The van der Waals surface area contributed by atoms with E-state index in [-0.39, 0.29) is 23.3 Å². The van der Waals surface area contributed by atoms with E-state index >= 15 is 0 Å². The number of anilines is 1. The van der Waals surface area contributed by atoms with Crippen molar-refractivity contribution in [3.63, 3.8) is 0 Å². The van der Waals surface area contributed by atoms with Crippen molar-refractivity contribution in [2.75, 3.05) is 24.5 Å². The van der Waals surface area contributed by atoms with E-state index in [4.69, 9.17) is 11.6 Å². The molecule has 0 saturated heterocycles. The minimum atomic E-state index is -4.49. The quantitative estimate of drug-likeness (QED) is 0.909. The second-order valence-corrected chi connectivity index (χ2v) is 4.40. The first-order chi connectivity index (χ1) is 9.29. The highest BCUT2D eigenvalue weighted by atomic mass is 35.5. The van der Waals surface area contributed by atoms with Crippen LogP contribution >= 0.6 is 11.6 Å². The molecular weight excluding hydrogens is 295 g/mol. The van der Waals surface area contributed by atoms with Crippen LogP contribution in [0, 0.1) is 0 Å². The van der Waals surface area contributed by atoms with Crippen LogP contribution in [0.15, 0.2) is 12.3 Å². The van der Waals surface area contributed by atoms with E-state index in [0.29, 0.717) is 19.3 Å².